The lowest BCUT2D eigenvalue weighted by molar-refractivity contribution is -0.121. The average Bonchev–Trinajstić information content (AvgIpc) is 3.66. The zero-order valence-corrected chi connectivity index (χ0v) is 22.7. The molecule has 2 aromatic heterocycles. The summed E-state index contributed by atoms with van der Waals surface area (Å²) in [5.74, 6) is 2.53. The standard InChI is InChI=1S/C26H34N8O3S/c1-17(25(35)28-19-5-4-6-21(15-19)38(3,36)37)34-13-10-20(11-14-34)33(2)26-27-12-9-23(30-26)29-24-16-22(31-32-24)18-7-8-18/h4-6,9,12,15-18,20H,7-8,10-11,13-14H2,1-3H3,(H,28,35)(H2,27,29,30,31,32). The highest BCUT2D eigenvalue weighted by Crippen LogP contribution is 2.39. The van der Waals surface area contributed by atoms with Gasteiger partial charge in [0.05, 0.1) is 10.9 Å². The molecule has 202 valence electrons. The number of rotatable bonds is 9. The number of hydrogen-bond acceptors (Lipinski definition) is 9. The second-order valence-electron chi connectivity index (χ2n) is 10.2. The van der Waals surface area contributed by atoms with Gasteiger partial charge in [0.2, 0.25) is 11.9 Å². The molecule has 3 heterocycles. The molecular formula is C26H34N8O3S. The zero-order valence-electron chi connectivity index (χ0n) is 21.9. The molecule has 38 heavy (non-hydrogen) atoms. The van der Waals surface area contributed by atoms with Gasteiger partial charge in [0.1, 0.15) is 5.82 Å². The Balaban J connectivity index is 1.15. The minimum absolute atomic E-state index is 0.159. The van der Waals surface area contributed by atoms with E-state index in [9.17, 15) is 13.2 Å². The zero-order chi connectivity index (χ0) is 26.9. The first-order chi connectivity index (χ1) is 18.2. The average molecular weight is 539 g/mol. The number of anilines is 4. The van der Waals surface area contributed by atoms with Crippen molar-refractivity contribution >= 4 is 39.0 Å². The maximum atomic E-state index is 12.9. The molecule has 3 N–H and O–H groups in total. The van der Waals surface area contributed by atoms with Crippen molar-refractivity contribution < 1.29 is 13.2 Å². The predicted molar refractivity (Wildman–Crippen MR) is 147 cm³/mol. The number of benzene rings is 1. The third kappa shape index (κ3) is 6.13. The summed E-state index contributed by atoms with van der Waals surface area (Å²) in [6.45, 7) is 3.38. The van der Waals surface area contributed by atoms with Crippen molar-refractivity contribution in [3.05, 3.63) is 48.3 Å². The van der Waals surface area contributed by atoms with Crippen LogP contribution in [0.15, 0.2) is 47.5 Å². The summed E-state index contributed by atoms with van der Waals surface area (Å²) in [6, 6.07) is 10.1. The van der Waals surface area contributed by atoms with Crippen LogP contribution in [-0.4, -0.2) is 77.9 Å². The lowest BCUT2D eigenvalue weighted by Gasteiger charge is -2.38. The van der Waals surface area contributed by atoms with E-state index in [-0.39, 0.29) is 22.9 Å². The van der Waals surface area contributed by atoms with Crippen molar-refractivity contribution in [2.45, 2.75) is 55.5 Å². The van der Waals surface area contributed by atoms with Gasteiger partial charge >= 0.3 is 0 Å². The number of piperidine rings is 1. The summed E-state index contributed by atoms with van der Waals surface area (Å²) >= 11 is 0. The van der Waals surface area contributed by atoms with E-state index in [2.05, 4.69) is 35.6 Å². The molecular weight excluding hydrogens is 504 g/mol. The van der Waals surface area contributed by atoms with Gasteiger partial charge in [-0.2, -0.15) is 10.1 Å². The molecule has 0 bridgehead atoms. The quantitative estimate of drug-likeness (QED) is 0.375. The van der Waals surface area contributed by atoms with E-state index in [1.807, 2.05) is 26.1 Å². The number of carbonyl (C=O) groups excluding carboxylic acids is 1. The topological polar surface area (TPSA) is 136 Å². The molecule has 1 aliphatic heterocycles. The fourth-order valence-electron chi connectivity index (χ4n) is 4.76. The highest BCUT2D eigenvalue weighted by Gasteiger charge is 2.29. The number of nitrogens with zero attached hydrogens (tertiary/aromatic N) is 5. The van der Waals surface area contributed by atoms with Gasteiger partial charge in [-0.1, -0.05) is 6.07 Å². The second kappa shape index (κ2) is 10.7. The van der Waals surface area contributed by atoms with Gasteiger partial charge in [-0.05, 0) is 56.9 Å². The van der Waals surface area contributed by atoms with Crippen LogP contribution in [0.5, 0.6) is 0 Å². The van der Waals surface area contributed by atoms with Crippen molar-refractivity contribution in [2.75, 3.05) is 41.9 Å². The highest BCUT2D eigenvalue weighted by molar-refractivity contribution is 7.90. The van der Waals surface area contributed by atoms with Crippen molar-refractivity contribution in [1.82, 2.24) is 25.1 Å². The summed E-state index contributed by atoms with van der Waals surface area (Å²) < 4.78 is 23.6. The van der Waals surface area contributed by atoms with Gasteiger partial charge in [0, 0.05) is 62.0 Å². The number of H-pyrrole nitrogens is 1. The number of carbonyl (C=O) groups is 1. The van der Waals surface area contributed by atoms with Crippen LogP contribution in [0.25, 0.3) is 0 Å². The van der Waals surface area contributed by atoms with Gasteiger partial charge < -0.3 is 15.5 Å². The molecule has 2 fully saturated rings. The lowest BCUT2D eigenvalue weighted by atomic mass is 10.0. The minimum Gasteiger partial charge on any atom is -0.341 e. The van der Waals surface area contributed by atoms with Gasteiger partial charge in [0.25, 0.3) is 0 Å². The number of sulfone groups is 1. The second-order valence-corrected chi connectivity index (χ2v) is 12.2. The first kappa shape index (κ1) is 26.1. The molecule has 1 amide bonds. The third-order valence-corrected chi connectivity index (χ3v) is 8.44. The van der Waals surface area contributed by atoms with Gasteiger partial charge in [-0.3, -0.25) is 14.8 Å². The smallest absolute Gasteiger partial charge is 0.241 e. The van der Waals surface area contributed by atoms with E-state index in [1.165, 1.54) is 25.0 Å². The fourth-order valence-corrected chi connectivity index (χ4v) is 5.43. The van der Waals surface area contributed by atoms with Crippen LogP contribution in [0, 0.1) is 0 Å². The number of aromatic nitrogens is 4. The Labute approximate surface area is 223 Å². The molecule has 2 aliphatic rings. The Hall–Kier alpha value is -3.51. The fraction of sp³-hybridized carbons (Fsp3) is 0.462. The van der Waals surface area contributed by atoms with Crippen LogP contribution < -0.4 is 15.5 Å². The van der Waals surface area contributed by atoms with Crippen molar-refractivity contribution in [3.63, 3.8) is 0 Å². The predicted octanol–water partition coefficient (Wildman–Crippen LogP) is 3.15. The van der Waals surface area contributed by atoms with Crippen molar-refractivity contribution in [2.24, 2.45) is 0 Å². The Bertz CT molecular complexity index is 1400. The molecule has 1 saturated heterocycles. The molecule has 1 aromatic carbocycles. The first-order valence-electron chi connectivity index (χ1n) is 12.9. The number of nitrogens with one attached hydrogen (secondary N) is 3. The van der Waals surface area contributed by atoms with Crippen LogP contribution in [0.1, 0.15) is 44.2 Å². The third-order valence-electron chi connectivity index (χ3n) is 7.33. The van der Waals surface area contributed by atoms with Crippen LogP contribution >= 0.6 is 0 Å². The monoisotopic (exact) mass is 538 g/mol. The number of hydrogen-bond donors (Lipinski definition) is 3. The molecule has 5 rings (SSSR count). The molecule has 1 aliphatic carbocycles. The summed E-state index contributed by atoms with van der Waals surface area (Å²) in [4.78, 5) is 26.5. The Morgan fingerprint density at radius 2 is 1.89 bits per heavy atom. The summed E-state index contributed by atoms with van der Waals surface area (Å²) in [5, 5.41) is 13.6. The molecule has 1 unspecified atom stereocenters. The van der Waals surface area contributed by atoms with Crippen molar-refractivity contribution in [3.8, 4) is 0 Å². The van der Waals surface area contributed by atoms with Crippen LogP contribution in [0.4, 0.5) is 23.3 Å². The summed E-state index contributed by atoms with van der Waals surface area (Å²) in [7, 11) is -1.34. The normalized spacial score (nSPS) is 17.7. The Kier molecular flexibility index (Phi) is 7.35. The SMILES string of the molecule is CC(C(=O)Nc1cccc(S(C)(=O)=O)c1)N1CCC(N(C)c2nccc(Nc3cc(C4CC4)[nH]n3)n2)CC1. The number of amides is 1. The van der Waals surface area contributed by atoms with E-state index in [0.717, 1.165) is 43.7 Å². The number of aromatic amines is 1. The van der Waals surface area contributed by atoms with E-state index < -0.39 is 9.84 Å². The lowest BCUT2D eigenvalue weighted by Crippen LogP contribution is -2.50. The van der Waals surface area contributed by atoms with E-state index >= 15 is 0 Å². The van der Waals surface area contributed by atoms with Gasteiger partial charge in [0.15, 0.2) is 15.7 Å². The van der Waals surface area contributed by atoms with Gasteiger partial charge in [-0.15, -0.1) is 0 Å². The maximum absolute atomic E-state index is 12.9. The Morgan fingerprint density at radius 3 is 2.61 bits per heavy atom. The Morgan fingerprint density at radius 1 is 1.13 bits per heavy atom. The van der Waals surface area contributed by atoms with E-state index in [4.69, 9.17) is 4.98 Å². The highest BCUT2D eigenvalue weighted by atomic mass is 32.2. The summed E-state index contributed by atoms with van der Waals surface area (Å²) in [5.41, 5.74) is 1.64. The molecule has 1 saturated carbocycles. The summed E-state index contributed by atoms with van der Waals surface area (Å²) in [6.07, 6.45) is 7.05. The minimum atomic E-state index is -3.34. The van der Waals surface area contributed by atoms with Crippen LogP contribution in [-0.2, 0) is 14.6 Å². The van der Waals surface area contributed by atoms with Crippen molar-refractivity contribution in [1.29, 1.82) is 0 Å². The molecule has 11 nitrogen and oxygen atoms in total. The molecule has 3 aromatic rings. The number of likely N-dealkylation sites (tertiary alicyclic amines) is 1. The molecule has 0 radical (unpaired) electrons. The largest absolute Gasteiger partial charge is 0.341 e. The molecule has 0 spiro atoms. The van der Waals surface area contributed by atoms with Crippen LogP contribution in [0.3, 0.4) is 0 Å². The van der Waals surface area contributed by atoms with E-state index in [0.29, 0.717) is 23.4 Å². The molecule has 1 atom stereocenters. The molecule has 12 heteroatoms. The maximum Gasteiger partial charge on any atom is 0.241 e. The van der Waals surface area contributed by atoms with E-state index in [1.54, 1.807) is 18.3 Å². The first-order valence-corrected chi connectivity index (χ1v) is 14.8. The van der Waals surface area contributed by atoms with Gasteiger partial charge in [-0.25, -0.2) is 13.4 Å². The van der Waals surface area contributed by atoms with Crippen LogP contribution in [0.2, 0.25) is 0 Å².